The van der Waals surface area contributed by atoms with Gasteiger partial charge in [-0.2, -0.15) is 0 Å². The highest BCUT2D eigenvalue weighted by atomic mass is 127. The lowest BCUT2D eigenvalue weighted by Crippen LogP contribution is -2.32. The Morgan fingerprint density at radius 2 is 2.22 bits per heavy atom. The fourth-order valence-electron chi connectivity index (χ4n) is 1.44. The largest absolute Gasteiger partial charge is 0.494 e. The zero-order valence-corrected chi connectivity index (χ0v) is 13.7. The van der Waals surface area contributed by atoms with Gasteiger partial charge in [-0.3, -0.25) is 4.99 Å². The van der Waals surface area contributed by atoms with Crippen LogP contribution in [0.2, 0.25) is 5.02 Å². The molecule has 1 rings (SSSR count). The van der Waals surface area contributed by atoms with Crippen molar-refractivity contribution in [3.05, 3.63) is 28.8 Å². The third-order valence-electron chi connectivity index (χ3n) is 2.26. The Hall–Kier alpha value is -0.690. The lowest BCUT2D eigenvalue weighted by molar-refractivity contribution is 0.336. The number of nitrogens with one attached hydrogen (secondary N) is 1. The normalized spacial score (nSPS) is 10.7. The van der Waals surface area contributed by atoms with Crippen LogP contribution in [0.25, 0.3) is 0 Å². The molecule has 18 heavy (non-hydrogen) atoms. The summed E-state index contributed by atoms with van der Waals surface area (Å²) in [6, 6.07) is 5.62. The Labute approximate surface area is 130 Å². The van der Waals surface area contributed by atoms with Crippen LogP contribution in [0.5, 0.6) is 5.75 Å². The van der Waals surface area contributed by atoms with Crippen LogP contribution in [0.3, 0.4) is 0 Å². The van der Waals surface area contributed by atoms with Crippen molar-refractivity contribution in [3.8, 4) is 5.75 Å². The predicted molar refractivity (Wildman–Crippen MR) is 87.3 cm³/mol. The highest BCUT2D eigenvalue weighted by molar-refractivity contribution is 14.0. The average molecular weight is 384 g/mol. The fourth-order valence-corrected chi connectivity index (χ4v) is 1.64. The molecule has 0 aliphatic rings. The molecular formula is C12H19ClIN3O. The van der Waals surface area contributed by atoms with Gasteiger partial charge in [0.2, 0.25) is 0 Å². The first-order valence-electron chi connectivity index (χ1n) is 5.54. The molecule has 0 saturated carbocycles. The van der Waals surface area contributed by atoms with Gasteiger partial charge in [-0.15, -0.1) is 24.0 Å². The van der Waals surface area contributed by atoms with E-state index in [2.05, 4.69) is 10.3 Å². The minimum atomic E-state index is 0. The lowest BCUT2D eigenvalue weighted by atomic mass is 10.1. The summed E-state index contributed by atoms with van der Waals surface area (Å²) in [5, 5.41) is 3.71. The molecule has 6 heteroatoms. The van der Waals surface area contributed by atoms with E-state index in [1.807, 2.05) is 25.1 Å². The van der Waals surface area contributed by atoms with Crippen molar-refractivity contribution in [2.45, 2.75) is 13.3 Å². The van der Waals surface area contributed by atoms with Crippen LogP contribution in [0.15, 0.2) is 23.2 Å². The van der Waals surface area contributed by atoms with Crippen molar-refractivity contribution in [3.63, 3.8) is 0 Å². The van der Waals surface area contributed by atoms with Gasteiger partial charge < -0.3 is 15.8 Å². The molecule has 0 aromatic heterocycles. The first-order valence-corrected chi connectivity index (χ1v) is 5.92. The van der Waals surface area contributed by atoms with E-state index in [-0.39, 0.29) is 24.0 Å². The first-order chi connectivity index (χ1) is 8.17. The fraction of sp³-hybridized carbons (Fsp3) is 0.417. The molecule has 1 aromatic carbocycles. The monoisotopic (exact) mass is 383 g/mol. The topological polar surface area (TPSA) is 59.6 Å². The maximum atomic E-state index is 5.96. The number of nitrogens with zero attached hydrogens (tertiary/aromatic N) is 1. The smallest absolute Gasteiger partial charge is 0.188 e. The molecule has 0 fully saturated rings. The molecule has 0 atom stereocenters. The van der Waals surface area contributed by atoms with Crippen LogP contribution >= 0.6 is 35.6 Å². The summed E-state index contributed by atoms with van der Waals surface area (Å²) in [5.41, 5.74) is 6.61. The van der Waals surface area contributed by atoms with Crippen molar-refractivity contribution >= 4 is 41.5 Å². The third-order valence-corrected chi connectivity index (χ3v) is 2.50. The van der Waals surface area contributed by atoms with E-state index in [1.165, 1.54) is 0 Å². The highest BCUT2D eigenvalue weighted by Gasteiger charge is 2.04. The number of aliphatic imine (C=N–C) groups is 1. The number of nitrogens with two attached hydrogens (primary N) is 1. The Morgan fingerprint density at radius 1 is 1.50 bits per heavy atom. The molecule has 102 valence electrons. The van der Waals surface area contributed by atoms with Crippen molar-refractivity contribution in [2.75, 3.05) is 20.2 Å². The molecule has 4 nitrogen and oxygen atoms in total. The summed E-state index contributed by atoms with van der Waals surface area (Å²) < 4.78 is 5.53. The van der Waals surface area contributed by atoms with E-state index >= 15 is 0 Å². The van der Waals surface area contributed by atoms with Crippen LogP contribution in [-0.4, -0.2) is 26.2 Å². The zero-order chi connectivity index (χ0) is 12.7. The summed E-state index contributed by atoms with van der Waals surface area (Å²) in [5.74, 6) is 1.30. The number of rotatable bonds is 5. The second-order valence-corrected chi connectivity index (χ2v) is 3.91. The molecule has 0 heterocycles. The van der Waals surface area contributed by atoms with Gasteiger partial charge in [0.1, 0.15) is 5.75 Å². The Balaban J connectivity index is 0.00000289. The van der Waals surface area contributed by atoms with Gasteiger partial charge in [0.05, 0.1) is 6.61 Å². The third kappa shape index (κ3) is 5.77. The number of benzene rings is 1. The molecule has 0 aliphatic carbocycles. The van der Waals surface area contributed by atoms with Crippen molar-refractivity contribution in [1.82, 2.24) is 5.32 Å². The molecule has 0 spiro atoms. The minimum Gasteiger partial charge on any atom is -0.494 e. The molecule has 1 aromatic rings. The Kier molecular flexibility index (Phi) is 8.91. The number of ether oxygens (including phenoxy) is 1. The quantitative estimate of drug-likeness (QED) is 0.466. The molecule has 0 unspecified atom stereocenters. The second-order valence-electron chi connectivity index (χ2n) is 3.47. The maximum Gasteiger partial charge on any atom is 0.188 e. The zero-order valence-electron chi connectivity index (χ0n) is 10.6. The molecule has 0 amide bonds. The summed E-state index contributed by atoms with van der Waals surface area (Å²) >= 11 is 5.96. The summed E-state index contributed by atoms with van der Waals surface area (Å²) in [6.45, 7) is 3.29. The van der Waals surface area contributed by atoms with Gasteiger partial charge in [-0.1, -0.05) is 11.6 Å². The van der Waals surface area contributed by atoms with Crippen molar-refractivity contribution < 1.29 is 4.74 Å². The van der Waals surface area contributed by atoms with Crippen molar-refractivity contribution in [2.24, 2.45) is 10.7 Å². The molecule has 0 radical (unpaired) electrons. The van der Waals surface area contributed by atoms with Crippen molar-refractivity contribution in [1.29, 1.82) is 0 Å². The maximum absolute atomic E-state index is 5.96. The second kappa shape index (κ2) is 9.27. The summed E-state index contributed by atoms with van der Waals surface area (Å²) in [4.78, 5) is 3.82. The summed E-state index contributed by atoms with van der Waals surface area (Å²) in [7, 11) is 1.65. The predicted octanol–water partition coefficient (Wildman–Crippen LogP) is 2.43. The Morgan fingerprint density at radius 3 is 2.83 bits per heavy atom. The standard InChI is InChI=1S/C12H18ClN3O.HI/c1-3-17-11-5-4-10(13)8-9(11)6-7-16-12(14)15-2;/h4-5,8H,3,6-7H2,1-2H3,(H3,14,15,16);1H. The van der Waals surface area contributed by atoms with E-state index < -0.39 is 0 Å². The van der Waals surface area contributed by atoms with Crippen LogP contribution in [0.1, 0.15) is 12.5 Å². The van der Waals surface area contributed by atoms with E-state index in [4.69, 9.17) is 22.1 Å². The van der Waals surface area contributed by atoms with Gasteiger partial charge in [-0.25, -0.2) is 0 Å². The van der Waals surface area contributed by atoms with E-state index in [1.54, 1.807) is 7.05 Å². The number of hydrogen-bond donors (Lipinski definition) is 2. The number of halogens is 2. The average Bonchev–Trinajstić information content (AvgIpc) is 2.32. The first kappa shape index (κ1) is 17.3. The minimum absolute atomic E-state index is 0. The van der Waals surface area contributed by atoms with Crippen LogP contribution in [-0.2, 0) is 6.42 Å². The molecule has 3 N–H and O–H groups in total. The number of guanidine groups is 1. The Bertz CT molecular complexity index is 399. The van der Waals surface area contributed by atoms with E-state index in [0.717, 1.165) is 17.7 Å². The van der Waals surface area contributed by atoms with Gasteiger partial charge >= 0.3 is 0 Å². The molecule has 0 saturated heterocycles. The number of hydrogen-bond acceptors (Lipinski definition) is 2. The van der Waals surface area contributed by atoms with Gasteiger partial charge in [0.25, 0.3) is 0 Å². The highest BCUT2D eigenvalue weighted by Crippen LogP contribution is 2.23. The molecule has 0 bridgehead atoms. The van der Waals surface area contributed by atoms with Crippen LogP contribution in [0.4, 0.5) is 0 Å². The van der Waals surface area contributed by atoms with Gasteiger partial charge in [-0.05, 0) is 37.1 Å². The van der Waals surface area contributed by atoms with E-state index in [0.29, 0.717) is 24.1 Å². The SMILES string of the molecule is CCOc1ccc(Cl)cc1CCNC(N)=NC.I. The van der Waals surface area contributed by atoms with E-state index in [9.17, 15) is 0 Å². The van der Waals surface area contributed by atoms with Gasteiger partial charge in [0.15, 0.2) is 5.96 Å². The lowest BCUT2D eigenvalue weighted by Gasteiger charge is -2.11. The van der Waals surface area contributed by atoms with Gasteiger partial charge in [0, 0.05) is 18.6 Å². The molecular weight excluding hydrogens is 365 g/mol. The van der Waals surface area contributed by atoms with Crippen LogP contribution in [0, 0.1) is 0 Å². The van der Waals surface area contributed by atoms with Crippen LogP contribution < -0.4 is 15.8 Å². The molecule has 0 aliphatic heterocycles. The summed E-state index contributed by atoms with van der Waals surface area (Å²) in [6.07, 6.45) is 0.784.